The van der Waals surface area contributed by atoms with Crippen LogP contribution in [0.5, 0.6) is 5.75 Å². The lowest BCUT2D eigenvalue weighted by atomic mass is 9.86. The lowest BCUT2D eigenvalue weighted by Crippen LogP contribution is -2.38. The van der Waals surface area contributed by atoms with Crippen LogP contribution in [0.2, 0.25) is 0 Å². The number of H-pyrrole nitrogens is 1. The summed E-state index contributed by atoms with van der Waals surface area (Å²) in [7, 11) is 1.54. The van der Waals surface area contributed by atoms with Gasteiger partial charge in [0.05, 0.1) is 29.9 Å². The minimum atomic E-state index is -4.37. The number of nitrogens with zero attached hydrogens (tertiary/aromatic N) is 2. The van der Waals surface area contributed by atoms with Crippen LogP contribution < -0.4 is 4.74 Å². The number of hydrogen-bond donors (Lipinski definition) is 1. The van der Waals surface area contributed by atoms with Gasteiger partial charge in [-0.1, -0.05) is 18.2 Å². The number of piperidine rings is 1. The molecule has 4 rings (SSSR count). The molecule has 8 heteroatoms. The standard InChI is InChI=1S/C21H20F3N3O2/c1-29-14-10-18-17(25-12-14)11-19(26-18)20(28)27-8-6-13(7-9-27)15-4-2-3-5-16(15)21(22,23)24/h2-5,10-13,26H,6-9H2,1H3. The highest BCUT2D eigenvalue weighted by atomic mass is 19.4. The monoisotopic (exact) mass is 403 g/mol. The van der Waals surface area contributed by atoms with E-state index in [1.54, 1.807) is 42.5 Å². The Morgan fingerprint density at radius 3 is 2.62 bits per heavy atom. The highest BCUT2D eigenvalue weighted by Crippen LogP contribution is 2.38. The van der Waals surface area contributed by atoms with E-state index in [9.17, 15) is 18.0 Å². The van der Waals surface area contributed by atoms with Gasteiger partial charge in [0, 0.05) is 19.2 Å². The molecule has 1 aromatic carbocycles. The maximum Gasteiger partial charge on any atom is 0.416 e. The molecule has 1 saturated heterocycles. The molecule has 0 radical (unpaired) electrons. The molecule has 1 aliphatic rings. The highest BCUT2D eigenvalue weighted by Gasteiger charge is 2.36. The molecule has 1 fully saturated rings. The molecule has 1 aliphatic heterocycles. The van der Waals surface area contributed by atoms with Gasteiger partial charge in [-0.25, -0.2) is 0 Å². The number of aromatic amines is 1. The average molecular weight is 403 g/mol. The molecule has 0 saturated carbocycles. The van der Waals surface area contributed by atoms with Crippen molar-refractivity contribution in [2.75, 3.05) is 20.2 Å². The van der Waals surface area contributed by atoms with Gasteiger partial charge in [0.15, 0.2) is 0 Å². The fraction of sp³-hybridized carbons (Fsp3) is 0.333. The molecule has 0 atom stereocenters. The zero-order chi connectivity index (χ0) is 20.6. The van der Waals surface area contributed by atoms with Gasteiger partial charge in [0.2, 0.25) is 0 Å². The third-order valence-electron chi connectivity index (χ3n) is 5.40. The molecule has 0 unspecified atom stereocenters. The predicted octanol–water partition coefficient (Wildman–Crippen LogP) is 4.61. The Balaban J connectivity index is 1.48. The fourth-order valence-electron chi connectivity index (χ4n) is 3.89. The smallest absolute Gasteiger partial charge is 0.416 e. The number of alkyl halides is 3. The summed E-state index contributed by atoms with van der Waals surface area (Å²) in [5.41, 5.74) is 1.49. The number of pyridine rings is 1. The number of aromatic nitrogens is 2. The van der Waals surface area contributed by atoms with E-state index in [4.69, 9.17) is 4.74 Å². The highest BCUT2D eigenvalue weighted by molar-refractivity contribution is 5.97. The van der Waals surface area contributed by atoms with Gasteiger partial charge in [0.25, 0.3) is 5.91 Å². The average Bonchev–Trinajstić information content (AvgIpc) is 3.16. The summed E-state index contributed by atoms with van der Waals surface area (Å²) in [5.74, 6) is 0.192. The number of methoxy groups -OCH3 is 1. The number of likely N-dealkylation sites (tertiary alicyclic amines) is 1. The molecule has 3 aromatic rings. The third kappa shape index (κ3) is 3.79. The van der Waals surface area contributed by atoms with Crippen molar-refractivity contribution in [1.82, 2.24) is 14.9 Å². The van der Waals surface area contributed by atoms with Gasteiger partial charge in [-0.05, 0) is 36.5 Å². The number of fused-ring (bicyclic) bond motifs is 1. The summed E-state index contributed by atoms with van der Waals surface area (Å²) in [6, 6.07) is 9.15. The van der Waals surface area contributed by atoms with Gasteiger partial charge in [0.1, 0.15) is 11.4 Å². The van der Waals surface area contributed by atoms with Crippen molar-refractivity contribution in [3.8, 4) is 5.75 Å². The largest absolute Gasteiger partial charge is 0.495 e. The molecule has 2 aromatic heterocycles. The normalized spacial score (nSPS) is 15.7. The first-order chi connectivity index (χ1) is 13.9. The number of carbonyl (C=O) groups excluding carboxylic acids is 1. The molecule has 3 heterocycles. The zero-order valence-electron chi connectivity index (χ0n) is 15.8. The minimum Gasteiger partial charge on any atom is -0.495 e. The molecule has 5 nitrogen and oxygen atoms in total. The van der Waals surface area contributed by atoms with Crippen molar-refractivity contribution in [1.29, 1.82) is 0 Å². The summed E-state index contributed by atoms with van der Waals surface area (Å²) in [6.07, 6.45) is -1.81. The maximum absolute atomic E-state index is 13.3. The van der Waals surface area contributed by atoms with E-state index < -0.39 is 11.7 Å². The first kappa shape index (κ1) is 19.3. The lowest BCUT2D eigenvalue weighted by Gasteiger charge is -2.33. The van der Waals surface area contributed by atoms with Crippen LogP contribution in [-0.2, 0) is 6.18 Å². The van der Waals surface area contributed by atoms with Crippen molar-refractivity contribution in [2.24, 2.45) is 0 Å². The molecule has 1 N–H and O–H groups in total. The SMILES string of the molecule is COc1cnc2cc(C(=O)N3CCC(c4ccccc4C(F)(F)F)CC3)[nH]c2c1. The van der Waals surface area contributed by atoms with Crippen LogP contribution >= 0.6 is 0 Å². The second-order valence-corrected chi connectivity index (χ2v) is 7.14. The Bertz CT molecular complexity index is 1040. The number of amides is 1. The Morgan fingerprint density at radius 2 is 1.93 bits per heavy atom. The quantitative estimate of drug-likeness (QED) is 0.695. The van der Waals surface area contributed by atoms with Crippen molar-refractivity contribution < 1.29 is 22.7 Å². The second-order valence-electron chi connectivity index (χ2n) is 7.14. The predicted molar refractivity (Wildman–Crippen MR) is 102 cm³/mol. The number of hydrogen-bond acceptors (Lipinski definition) is 3. The van der Waals surface area contributed by atoms with Crippen LogP contribution in [0.1, 0.15) is 40.4 Å². The molecule has 29 heavy (non-hydrogen) atoms. The van der Waals surface area contributed by atoms with Crippen LogP contribution in [0.3, 0.4) is 0 Å². The number of rotatable bonds is 3. The molecule has 0 bridgehead atoms. The van der Waals surface area contributed by atoms with Crippen molar-refractivity contribution in [2.45, 2.75) is 24.9 Å². The summed E-state index contributed by atoms with van der Waals surface area (Å²) in [6.45, 7) is 0.809. The van der Waals surface area contributed by atoms with E-state index in [1.807, 2.05) is 0 Å². The van der Waals surface area contributed by atoms with E-state index in [-0.39, 0.29) is 11.8 Å². The number of ether oxygens (including phenoxy) is 1. The van der Waals surface area contributed by atoms with E-state index in [0.717, 1.165) is 6.07 Å². The maximum atomic E-state index is 13.3. The Hall–Kier alpha value is -3.03. The summed E-state index contributed by atoms with van der Waals surface area (Å²) in [5, 5.41) is 0. The first-order valence-corrected chi connectivity index (χ1v) is 9.35. The molecule has 0 aliphatic carbocycles. The van der Waals surface area contributed by atoms with E-state index in [1.165, 1.54) is 6.07 Å². The Morgan fingerprint density at radius 1 is 1.21 bits per heavy atom. The fourth-order valence-corrected chi connectivity index (χ4v) is 3.89. The molecule has 1 amide bonds. The lowest BCUT2D eigenvalue weighted by molar-refractivity contribution is -0.138. The van der Waals surface area contributed by atoms with Crippen LogP contribution in [0.25, 0.3) is 11.0 Å². The molecular formula is C21H20F3N3O2. The van der Waals surface area contributed by atoms with Crippen LogP contribution in [0.4, 0.5) is 13.2 Å². The number of benzene rings is 1. The molecule has 152 valence electrons. The Kier molecular flexibility index (Phi) is 4.94. The van der Waals surface area contributed by atoms with E-state index >= 15 is 0 Å². The van der Waals surface area contributed by atoms with E-state index in [2.05, 4.69) is 9.97 Å². The van der Waals surface area contributed by atoms with Crippen LogP contribution in [0.15, 0.2) is 42.6 Å². The van der Waals surface area contributed by atoms with Gasteiger partial charge in [-0.15, -0.1) is 0 Å². The second kappa shape index (κ2) is 7.42. The van der Waals surface area contributed by atoms with Gasteiger partial charge in [-0.2, -0.15) is 13.2 Å². The summed E-state index contributed by atoms with van der Waals surface area (Å²) >= 11 is 0. The minimum absolute atomic E-state index is 0.176. The topological polar surface area (TPSA) is 58.2 Å². The van der Waals surface area contributed by atoms with E-state index in [0.29, 0.717) is 54.0 Å². The van der Waals surface area contributed by atoms with Crippen molar-refractivity contribution in [3.05, 3.63) is 59.4 Å². The zero-order valence-corrected chi connectivity index (χ0v) is 15.8. The van der Waals surface area contributed by atoms with Crippen LogP contribution in [0, 0.1) is 0 Å². The Labute approximate surface area is 165 Å². The summed E-state index contributed by atoms with van der Waals surface area (Å²) < 4.78 is 45.0. The van der Waals surface area contributed by atoms with Crippen molar-refractivity contribution >= 4 is 16.9 Å². The summed E-state index contributed by atoms with van der Waals surface area (Å²) in [4.78, 5) is 21.8. The van der Waals surface area contributed by atoms with Crippen molar-refractivity contribution in [3.63, 3.8) is 0 Å². The van der Waals surface area contributed by atoms with Gasteiger partial charge >= 0.3 is 6.18 Å². The van der Waals surface area contributed by atoms with Gasteiger partial charge in [-0.3, -0.25) is 9.78 Å². The number of halogens is 3. The first-order valence-electron chi connectivity index (χ1n) is 9.35. The van der Waals surface area contributed by atoms with Crippen LogP contribution in [-0.4, -0.2) is 41.0 Å². The molecule has 0 spiro atoms. The number of nitrogens with one attached hydrogen (secondary N) is 1. The van der Waals surface area contributed by atoms with Gasteiger partial charge < -0.3 is 14.6 Å². The molecular weight excluding hydrogens is 383 g/mol. The number of carbonyl (C=O) groups is 1. The third-order valence-corrected chi connectivity index (χ3v) is 5.40.